The summed E-state index contributed by atoms with van der Waals surface area (Å²) in [6, 6.07) is 1.94. The van der Waals surface area contributed by atoms with Crippen molar-refractivity contribution in [2.75, 3.05) is 6.61 Å². The molecular weight excluding hydrogens is 333 g/mol. The summed E-state index contributed by atoms with van der Waals surface area (Å²) in [6.45, 7) is 13.7. The van der Waals surface area contributed by atoms with Crippen LogP contribution in [0.4, 0.5) is 0 Å². The van der Waals surface area contributed by atoms with E-state index in [0.717, 1.165) is 10.8 Å². The average Bonchev–Trinajstić information content (AvgIpc) is 3.05. The maximum atomic E-state index is 12.3. The smallest absolute Gasteiger partial charge is 0.464 e. The quantitative estimate of drug-likeness (QED) is 0.614. The molecule has 0 N–H and O–H groups in total. The lowest BCUT2D eigenvalue weighted by atomic mass is 9.80. The fraction of sp³-hybridized carbons (Fsp3) is 0.611. The van der Waals surface area contributed by atoms with Crippen molar-refractivity contribution in [3.63, 3.8) is 0 Å². The molecule has 1 saturated heterocycles. The normalized spacial score (nSPS) is 19.1. The first-order valence-corrected chi connectivity index (χ1v) is 8.86. The minimum Gasteiger partial charge on any atom is -0.464 e. The highest BCUT2D eigenvalue weighted by Gasteiger charge is 2.52. The molecule has 0 amide bonds. The molecule has 2 aromatic heterocycles. The van der Waals surface area contributed by atoms with Crippen molar-refractivity contribution in [3.05, 3.63) is 18.5 Å². The van der Waals surface area contributed by atoms with Crippen LogP contribution in [0.1, 0.15) is 48.5 Å². The van der Waals surface area contributed by atoms with Crippen LogP contribution >= 0.6 is 0 Å². The first kappa shape index (κ1) is 18.9. The van der Waals surface area contributed by atoms with Gasteiger partial charge in [0.1, 0.15) is 0 Å². The van der Waals surface area contributed by atoms with E-state index in [1.807, 2.05) is 33.8 Å². The Kier molecular flexibility index (Phi) is 4.39. The Morgan fingerprint density at radius 2 is 1.85 bits per heavy atom. The highest BCUT2D eigenvalue weighted by atomic mass is 16.7. The lowest BCUT2D eigenvalue weighted by Crippen LogP contribution is -2.41. The van der Waals surface area contributed by atoms with Crippen LogP contribution in [-0.2, 0) is 24.4 Å². The van der Waals surface area contributed by atoms with Gasteiger partial charge < -0.3 is 14.0 Å². The standard InChI is InChI=1S/C18H26BN3O4/c1-8-24-15(23)16(2,3)22-14-12(10-21-22)9-13(11-20-14)19-25-17(4,5)18(6,7)26-19/h9-11H,8H2,1-7H3. The van der Waals surface area contributed by atoms with Gasteiger partial charge in [0.05, 0.1) is 24.0 Å². The van der Waals surface area contributed by atoms with Crippen LogP contribution in [0.25, 0.3) is 11.0 Å². The predicted molar refractivity (Wildman–Crippen MR) is 99.2 cm³/mol. The van der Waals surface area contributed by atoms with E-state index >= 15 is 0 Å². The van der Waals surface area contributed by atoms with Gasteiger partial charge >= 0.3 is 13.1 Å². The SMILES string of the molecule is CCOC(=O)C(C)(C)n1ncc2cc(B3OC(C)(C)C(C)(C)O3)cnc21. The Hall–Kier alpha value is -1.93. The lowest BCUT2D eigenvalue weighted by Gasteiger charge is -2.32. The second-order valence-electron chi connectivity index (χ2n) is 8.11. The summed E-state index contributed by atoms with van der Waals surface area (Å²) in [7, 11) is -0.488. The average molecular weight is 359 g/mol. The zero-order valence-electron chi connectivity index (χ0n) is 16.5. The van der Waals surface area contributed by atoms with Crippen LogP contribution in [0.15, 0.2) is 18.5 Å². The third-order valence-electron chi connectivity index (χ3n) is 5.26. The van der Waals surface area contributed by atoms with Gasteiger partial charge in [0.15, 0.2) is 11.2 Å². The van der Waals surface area contributed by atoms with E-state index in [9.17, 15) is 4.79 Å². The summed E-state index contributed by atoms with van der Waals surface area (Å²) < 4.78 is 18.9. The number of pyridine rings is 1. The summed E-state index contributed by atoms with van der Waals surface area (Å²) in [5.41, 5.74) is -0.338. The Balaban J connectivity index is 1.95. The van der Waals surface area contributed by atoms with Crippen LogP contribution in [0.2, 0.25) is 0 Å². The maximum Gasteiger partial charge on any atom is 0.496 e. The third-order valence-corrected chi connectivity index (χ3v) is 5.26. The molecule has 1 fully saturated rings. The molecule has 0 bridgehead atoms. The van der Waals surface area contributed by atoms with Crippen molar-refractivity contribution >= 4 is 29.6 Å². The van der Waals surface area contributed by atoms with E-state index in [-0.39, 0.29) is 5.97 Å². The molecule has 26 heavy (non-hydrogen) atoms. The van der Waals surface area contributed by atoms with Gasteiger partial charge in [-0.25, -0.2) is 14.5 Å². The van der Waals surface area contributed by atoms with Crippen LogP contribution in [0.3, 0.4) is 0 Å². The molecule has 0 aromatic carbocycles. The van der Waals surface area contributed by atoms with E-state index in [0.29, 0.717) is 12.3 Å². The Morgan fingerprint density at radius 1 is 1.23 bits per heavy atom. The van der Waals surface area contributed by atoms with Crippen molar-refractivity contribution in [2.24, 2.45) is 0 Å². The molecule has 0 saturated carbocycles. The number of aromatic nitrogens is 3. The number of hydrogen-bond acceptors (Lipinski definition) is 6. The first-order chi connectivity index (χ1) is 12.0. The van der Waals surface area contributed by atoms with Crippen LogP contribution < -0.4 is 5.46 Å². The predicted octanol–water partition coefficient (Wildman–Crippen LogP) is 2.03. The molecule has 8 heteroatoms. The zero-order chi connectivity index (χ0) is 19.3. The molecule has 0 spiro atoms. The second-order valence-corrected chi connectivity index (χ2v) is 8.11. The van der Waals surface area contributed by atoms with Gasteiger partial charge in [0.2, 0.25) is 0 Å². The second kappa shape index (κ2) is 6.06. The highest BCUT2D eigenvalue weighted by Crippen LogP contribution is 2.36. The van der Waals surface area contributed by atoms with Crippen LogP contribution in [0, 0.1) is 0 Å². The van der Waals surface area contributed by atoms with Gasteiger partial charge in [-0.1, -0.05) is 0 Å². The van der Waals surface area contributed by atoms with Gasteiger partial charge in [-0.3, -0.25) is 0 Å². The van der Waals surface area contributed by atoms with E-state index in [1.54, 1.807) is 37.8 Å². The van der Waals surface area contributed by atoms with Crippen molar-refractivity contribution < 1.29 is 18.8 Å². The van der Waals surface area contributed by atoms with E-state index in [4.69, 9.17) is 14.0 Å². The largest absolute Gasteiger partial charge is 0.496 e. The Morgan fingerprint density at radius 3 is 2.42 bits per heavy atom. The molecule has 0 unspecified atom stereocenters. The number of ether oxygens (including phenoxy) is 1. The van der Waals surface area contributed by atoms with Crippen molar-refractivity contribution in [1.29, 1.82) is 0 Å². The molecule has 0 radical (unpaired) electrons. The summed E-state index contributed by atoms with van der Waals surface area (Å²) in [6.07, 6.45) is 3.40. The molecule has 1 aliphatic rings. The maximum absolute atomic E-state index is 12.3. The van der Waals surface area contributed by atoms with Crippen molar-refractivity contribution in [3.8, 4) is 0 Å². The van der Waals surface area contributed by atoms with E-state index in [1.165, 1.54) is 0 Å². The first-order valence-electron chi connectivity index (χ1n) is 8.86. The zero-order valence-corrected chi connectivity index (χ0v) is 16.5. The molecular formula is C18H26BN3O4. The summed E-state index contributed by atoms with van der Waals surface area (Å²) in [5.74, 6) is -0.346. The number of nitrogens with zero attached hydrogens (tertiary/aromatic N) is 3. The van der Waals surface area contributed by atoms with E-state index < -0.39 is 23.9 Å². The molecule has 3 heterocycles. The fourth-order valence-electron chi connectivity index (χ4n) is 2.85. The summed E-state index contributed by atoms with van der Waals surface area (Å²) in [4.78, 5) is 16.8. The number of rotatable bonds is 4. The fourth-order valence-corrected chi connectivity index (χ4v) is 2.85. The lowest BCUT2D eigenvalue weighted by molar-refractivity contribution is -0.152. The molecule has 2 aromatic rings. The summed E-state index contributed by atoms with van der Waals surface area (Å²) in [5, 5.41) is 5.18. The molecule has 3 rings (SSSR count). The van der Waals surface area contributed by atoms with Crippen LogP contribution in [-0.4, -0.2) is 45.7 Å². The number of carbonyl (C=O) groups is 1. The molecule has 140 valence electrons. The Labute approximate surface area is 154 Å². The van der Waals surface area contributed by atoms with Gasteiger partial charge in [0, 0.05) is 17.0 Å². The molecule has 7 nitrogen and oxygen atoms in total. The number of esters is 1. The van der Waals surface area contributed by atoms with E-state index in [2.05, 4.69) is 10.1 Å². The molecule has 0 aliphatic carbocycles. The van der Waals surface area contributed by atoms with Gasteiger partial charge in [-0.2, -0.15) is 5.10 Å². The molecule has 1 aliphatic heterocycles. The number of carbonyl (C=O) groups excluding carboxylic acids is 1. The topological polar surface area (TPSA) is 75.5 Å². The van der Waals surface area contributed by atoms with Crippen molar-refractivity contribution in [2.45, 2.75) is 65.2 Å². The molecule has 0 atom stereocenters. The third kappa shape index (κ3) is 2.91. The van der Waals surface area contributed by atoms with Crippen LogP contribution in [0.5, 0.6) is 0 Å². The monoisotopic (exact) mass is 359 g/mol. The van der Waals surface area contributed by atoms with Crippen molar-refractivity contribution in [1.82, 2.24) is 14.8 Å². The number of fused-ring (bicyclic) bond motifs is 1. The Bertz CT molecular complexity index is 828. The summed E-state index contributed by atoms with van der Waals surface area (Å²) >= 11 is 0. The highest BCUT2D eigenvalue weighted by molar-refractivity contribution is 6.62. The minimum absolute atomic E-state index is 0.320. The minimum atomic E-state index is -0.948. The van der Waals surface area contributed by atoms with Gasteiger partial charge in [0.25, 0.3) is 0 Å². The number of hydrogen-bond donors (Lipinski definition) is 0. The van der Waals surface area contributed by atoms with Gasteiger partial charge in [-0.15, -0.1) is 0 Å². The van der Waals surface area contributed by atoms with Gasteiger partial charge in [-0.05, 0) is 54.5 Å².